The van der Waals surface area contributed by atoms with Crippen LogP contribution in [0.2, 0.25) is 0 Å². The molecule has 2 heterocycles. The summed E-state index contributed by atoms with van der Waals surface area (Å²) in [5, 5.41) is 11.5. The van der Waals surface area contributed by atoms with Crippen molar-refractivity contribution in [2.75, 3.05) is 4.90 Å². The molecule has 114 valence electrons. The predicted octanol–water partition coefficient (Wildman–Crippen LogP) is 2.23. The van der Waals surface area contributed by atoms with Crippen LogP contribution in [0.1, 0.15) is 11.1 Å². The van der Waals surface area contributed by atoms with Crippen LogP contribution in [0, 0.1) is 0 Å². The lowest BCUT2D eigenvalue weighted by atomic mass is 10.0. The van der Waals surface area contributed by atoms with Crippen molar-refractivity contribution in [1.82, 2.24) is 4.98 Å². The molecule has 0 fully saturated rings. The van der Waals surface area contributed by atoms with Crippen molar-refractivity contribution < 1.29 is 9.67 Å². The van der Waals surface area contributed by atoms with Gasteiger partial charge in [0.1, 0.15) is 12.7 Å². The highest BCUT2D eigenvalue weighted by Gasteiger charge is 2.51. The van der Waals surface area contributed by atoms with Crippen LogP contribution in [0.4, 0.5) is 5.95 Å². The fourth-order valence-electron chi connectivity index (χ4n) is 3.15. The Labute approximate surface area is 135 Å². The highest BCUT2D eigenvalue weighted by molar-refractivity contribution is 5.39. The van der Waals surface area contributed by atoms with Crippen molar-refractivity contribution in [3.63, 3.8) is 0 Å². The Hall–Kier alpha value is -2.72. The Morgan fingerprint density at radius 3 is 2.43 bits per heavy atom. The molecule has 0 saturated carbocycles. The monoisotopic (exact) mass is 304 g/mol. The van der Waals surface area contributed by atoms with E-state index in [0.29, 0.717) is 13.1 Å². The van der Waals surface area contributed by atoms with Gasteiger partial charge in [-0.25, -0.2) is 9.47 Å². The number of rotatable bonds is 3. The first kappa shape index (κ1) is 13.9. The standard InChI is InChI=1S/C19H18N3O/c23-19(17-10-5-2-6-11-17)15-21-13-7-12-20-18(21)22(19)14-16-8-3-1-4-9-16/h1-13,23H,14-15H2/q+1. The Morgan fingerprint density at radius 2 is 1.70 bits per heavy atom. The lowest BCUT2D eigenvalue weighted by molar-refractivity contribution is -0.685. The van der Waals surface area contributed by atoms with Crippen molar-refractivity contribution in [3.05, 3.63) is 90.3 Å². The first-order valence-electron chi connectivity index (χ1n) is 7.71. The number of anilines is 1. The largest absolute Gasteiger partial charge is 0.397 e. The van der Waals surface area contributed by atoms with E-state index in [4.69, 9.17) is 0 Å². The summed E-state index contributed by atoms with van der Waals surface area (Å²) in [6, 6.07) is 21.8. The molecule has 0 aliphatic carbocycles. The third kappa shape index (κ3) is 2.37. The Kier molecular flexibility index (Phi) is 3.32. The lowest BCUT2D eigenvalue weighted by Gasteiger charge is -2.28. The molecule has 0 amide bonds. The second kappa shape index (κ2) is 5.48. The zero-order valence-electron chi connectivity index (χ0n) is 12.7. The molecule has 0 radical (unpaired) electrons. The molecule has 0 spiro atoms. The number of benzene rings is 2. The summed E-state index contributed by atoms with van der Waals surface area (Å²) in [7, 11) is 0. The summed E-state index contributed by atoms with van der Waals surface area (Å²) in [6.07, 6.45) is 3.72. The second-order valence-corrected chi connectivity index (χ2v) is 5.80. The Balaban J connectivity index is 1.80. The van der Waals surface area contributed by atoms with Crippen molar-refractivity contribution in [1.29, 1.82) is 0 Å². The minimum absolute atomic E-state index is 0.465. The molecule has 1 aromatic heterocycles. The van der Waals surface area contributed by atoms with Gasteiger partial charge >= 0.3 is 5.95 Å². The number of aliphatic hydroxyl groups is 1. The highest BCUT2D eigenvalue weighted by Crippen LogP contribution is 2.34. The van der Waals surface area contributed by atoms with Gasteiger partial charge in [0, 0.05) is 11.6 Å². The average molecular weight is 304 g/mol. The van der Waals surface area contributed by atoms with E-state index in [0.717, 1.165) is 17.1 Å². The van der Waals surface area contributed by atoms with Gasteiger partial charge in [-0.05, 0) is 5.56 Å². The summed E-state index contributed by atoms with van der Waals surface area (Å²) in [4.78, 5) is 6.46. The van der Waals surface area contributed by atoms with Crippen LogP contribution in [0.3, 0.4) is 0 Å². The molecular weight excluding hydrogens is 286 g/mol. The average Bonchev–Trinajstić information content (AvgIpc) is 2.90. The van der Waals surface area contributed by atoms with Gasteiger partial charge in [-0.15, -0.1) is 0 Å². The minimum Gasteiger partial charge on any atom is -0.353 e. The third-order valence-electron chi connectivity index (χ3n) is 4.30. The summed E-state index contributed by atoms with van der Waals surface area (Å²) < 4.78 is 2.00. The van der Waals surface area contributed by atoms with E-state index in [2.05, 4.69) is 17.1 Å². The molecule has 1 atom stereocenters. The van der Waals surface area contributed by atoms with Gasteiger partial charge in [0.2, 0.25) is 5.72 Å². The SMILES string of the molecule is OC1(c2ccccc2)C[n+]2cccnc2N1Cc1ccccc1. The maximum atomic E-state index is 11.5. The molecule has 4 rings (SSSR count). The molecule has 4 heteroatoms. The third-order valence-corrected chi connectivity index (χ3v) is 4.30. The molecule has 0 bridgehead atoms. The number of nitrogens with zero attached hydrogens (tertiary/aromatic N) is 3. The van der Waals surface area contributed by atoms with E-state index in [1.165, 1.54) is 0 Å². The van der Waals surface area contributed by atoms with E-state index < -0.39 is 5.72 Å². The second-order valence-electron chi connectivity index (χ2n) is 5.80. The van der Waals surface area contributed by atoms with Crippen molar-refractivity contribution in [3.8, 4) is 0 Å². The number of fused-ring (bicyclic) bond motifs is 1. The number of aromatic nitrogens is 2. The Bertz CT molecular complexity index is 807. The molecule has 1 unspecified atom stereocenters. The molecule has 0 saturated heterocycles. The van der Waals surface area contributed by atoms with E-state index in [1.54, 1.807) is 6.20 Å². The molecule has 23 heavy (non-hydrogen) atoms. The number of hydrogen-bond acceptors (Lipinski definition) is 3. The van der Waals surface area contributed by atoms with Crippen LogP contribution in [-0.4, -0.2) is 10.1 Å². The zero-order valence-corrected chi connectivity index (χ0v) is 12.7. The zero-order chi connectivity index (χ0) is 15.7. The van der Waals surface area contributed by atoms with Gasteiger partial charge in [0.15, 0.2) is 0 Å². The van der Waals surface area contributed by atoms with Crippen LogP contribution in [0.25, 0.3) is 0 Å². The molecular formula is C19H18N3O+. The highest BCUT2D eigenvalue weighted by atomic mass is 16.3. The van der Waals surface area contributed by atoms with Crippen molar-refractivity contribution in [2.24, 2.45) is 0 Å². The minimum atomic E-state index is -1.10. The predicted molar refractivity (Wildman–Crippen MR) is 87.4 cm³/mol. The number of hydrogen-bond donors (Lipinski definition) is 1. The van der Waals surface area contributed by atoms with Gasteiger partial charge in [-0.2, -0.15) is 0 Å². The molecule has 1 aliphatic rings. The van der Waals surface area contributed by atoms with Crippen LogP contribution >= 0.6 is 0 Å². The van der Waals surface area contributed by atoms with Crippen LogP contribution in [0.5, 0.6) is 0 Å². The summed E-state index contributed by atoms with van der Waals surface area (Å²) >= 11 is 0. The topological polar surface area (TPSA) is 40.2 Å². The van der Waals surface area contributed by atoms with Gasteiger partial charge in [0.25, 0.3) is 0 Å². The summed E-state index contributed by atoms with van der Waals surface area (Å²) in [6.45, 7) is 1.07. The molecule has 4 nitrogen and oxygen atoms in total. The van der Waals surface area contributed by atoms with Crippen molar-refractivity contribution >= 4 is 5.95 Å². The normalized spacial score (nSPS) is 19.6. The van der Waals surface area contributed by atoms with E-state index in [-0.39, 0.29) is 0 Å². The maximum Gasteiger partial charge on any atom is 0.397 e. The summed E-state index contributed by atoms with van der Waals surface area (Å²) in [5.74, 6) is 0.780. The smallest absolute Gasteiger partial charge is 0.353 e. The van der Waals surface area contributed by atoms with Gasteiger partial charge in [-0.3, -0.25) is 0 Å². The first-order valence-corrected chi connectivity index (χ1v) is 7.71. The molecule has 2 aromatic carbocycles. The maximum absolute atomic E-state index is 11.5. The molecule has 1 N–H and O–H groups in total. The Morgan fingerprint density at radius 1 is 1.00 bits per heavy atom. The van der Waals surface area contributed by atoms with Crippen LogP contribution < -0.4 is 9.47 Å². The quantitative estimate of drug-likeness (QED) is 0.754. The molecule has 1 aliphatic heterocycles. The van der Waals surface area contributed by atoms with E-state index in [1.807, 2.05) is 70.3 Å². The van der Waals surface area contributed by atoms with Gasteiger partial charge < -0.3 is 5.11 Å². The van der Waals surface area contributed by atoms with Crippen LogP contribution in [-0.2, 0) is 18.8 Å². The van der Waals surface area contributed by atoms with E-state index >= 15 is 0 Å². The first-order chi connectivity index (χ1) is 11.3. The fourth-order valence-corrected chi connectivity index (χ4v) is 3.15. The van der Waals surface area contributed by atoms with Gasteiger partial charge in [0.05, 0.1) is 12.7 Å². The van der Waals surface area contributed by atoms with Gasteiger partial charge in [-0.1, -0.05) is 65.6 Å². The van der Waals surface area contributed by atoms with E-state index in [9.17, 15) is 5.11 Å². The molecule has 3 aromatic rings. The fraction of sp³-hybridized carbons (Fsp3) is 0.158. The lowest BCUT2D eigenvalue weighted by Crippen LogP contribution is -2.45. The summed E-state index contributed by atoms with van der Waals surface area (Å²) in [5.41, 5.74) is 0.917. The van der Waals surface area contributed by atoms with Crippen molar-refractivity contribution in [2.45, 2.75) is 18.8 Å². The van der Waals surface area contributed by atoms with Crippen LogP contribution in [0.15, 0.2) is 79.1 Å².